The van der Waals surface area contributed by atoms with Crippen molar-refractivity contribution in [3.05, 3.63) is 40.9 Å². The van der Waals surface area contributed by atoms with Crippen molar-refractivity contribution in [2.24, 2.45) is 5.92 Å². The van der Waals surface area contributed by atoms with Gasteiger partial charge in [0.2, 0.25) is 0 Å². The maximum atomic E-state index is 10.2. The maximum Gasteiger partial charge on any atom is 0.138 e. The summed E-state index contributed by atoms with van der Waals surface area (Å²) in [7, 11) is 0. The molecule has 0 spiro atoms. The van der Waals surface area contributed by atoms with E-state index in [1.807, 2.05) is 22.9 Å². The van der Waals surface area contributed by atoms with Crippen LogP contribution in [0.1, 0.15) is 19.7 Å². The highest BCUT2D eigenvalue weighted by atomic mass is 79.9. The lowest BCUT2D eigenvalue weighted by atomic mass is 10.2. The predicted octanol–water partition coefficient (Wildman–Crippen LogP) is 3.39. The molecule has 0 bridgehead atoms. The van der Waals surface area contributed by atoms with E-state index in [-0.39, 0.29) is 0 Å². The molecule has 0 fully saturated rings. The Labute approximate surface area is 138 Å². The molecule has 1 unspecified atom stereocenters. The van der Waals surface area contributed by atoms with Gasteiger partial charge in [-0.25, -0.2) is 9.67 Å². The van der Waals surface area contributed by atoms with E-state index in [4.69, 9.17) is 0 Å². The summed E-state index contributed by atoms with van der Waals surface area (Å²) in [5.41, 5.74) is 0. The van der Waals surface area contributed by atoms with Crippen molar-refractivity contribution >= 4 is 27.7 Å². The van der Waals surface area contributed by atoms with E-state index < -0.39 is 6.10 Å². The van der Waals surface area contributed by atoms with Crippen LogP contribution in [0, 0.1) is 5.92 Å². The molecule has 0 aliphatic rings. The fourth-order valence-electron chi connectivity index (χ4n) is 1.96. The fraction of sp³-hybridized carbons (Fsp3) is 0.467. The van der Waals surface area contributed by atoms with E-state index in [2.05, 4.69) is 45.9 Å². The first-order chi connectivity index (χ1) is 10.0. The molecule has 0 aliphatic heterocycles. The van der Waals surface area contributed by atoms with E-state index in [9.17, 15) is 5.11 Å². The summed E-state index contributed by atoms with van der Waals surface area (Å²) in [6, 6.07) is 8.09. The zero-order valence-electron chi connectivity index (χ0n) is 12.2. The molecule has 4 nitrogen and oxygen atoms in total. The minimum atomic E-state index is -0.427. The van der Waals surface area contributed by atoms with Crippen LogP contribution in [0.25, 0.3) is 0 Å². The van der Waals surface area contributed by atoms with Crippen molar-refractivity contribution in [2.75, 3.05) is 5.75 Å². The summed E-state index contributed by atoms with van der Waals surface area (Å²) in [6.45, 7) is 5.12. The number of aromatic nitrogens is 3. The summed E-state index contributed by atoms with van der Waals surface area (Å²) in [5, 5.41) is 14.4. The van der Waals surface area contributed by atoms with Crippen molar-refractivity contribution in [1.82, 2.24) is 14.8 Å². The molecule has 1 heterocycles. The Hall–Kier alpha value is -0.850. The van der Waals surface area contributed by atoms with Crippen LogP contribution < -0.4 is 0 Å². The van der Waals surface area contributed by atoms with Crippen LogP contribution in [0.2, 0.25) is 0 Å². The maximum absolute atomic E-state index is 10.2. The van der Waals surface area contributed by atoms with Gasteiger partial charge in [0.15, 0.2) is 0 Å². The normalized spacial score (nSPS) is 12.8. The molecule has 0 amide bonds. The van der Waals surface area contributed by atoms with E-state index in [1.54, 1.807) is 18.1 Å². The molecule has 2 aromatic rings. The van der Waals surface area contributed by atoms with E-state index in [0.717, 1.165) is 21.7 Å². The number of aliphatic hydroxyl groups is 1. The molecule has 0 radical (unpaired) electrons. The first-order valence-corrected chi connectivity index (χ1v) is 8.75. The number of hydrogen-bond acceptors (Lipinski definition) is 4. The largest absolute Gasteiger partial charge is 0.392 e. The van der Waals surface area contributed by atoms with Gasteiger partial charge in [-0.3, -0.25) is 0 Å². The number of hydrogen-bond donors (Lipinski definition) is 1. The van der Waals surface area contributed by atoms with Gasteiger partial charge in [-0.15, -0.1) is 11.8 Å². The lowest BCUT2D eigenvalue weighted by molar-refractivity contribution is 0.195. The Kier molecular flexibility index (Phi) is 6.26. The highest BCUT2D eigenvalue weighted by Crippen LogP contribution is 2.23. The Morgan fingerprint density at radius 3 is 2.90 bits per heavy atom. The van der Waals surface area contributed by atoms with Crippen LogP contribution in [0.15, 0.2) is 40.0 Å². The third kappa shape index (κ3) is 5.45. The second-order valence-electron chi connectivity index (χ2n) is 5.38. The Morgan fingerprint density at radius 1 is 1.38 bits per heavy atom. The molecule has 2 rings (SSSR count). The first kappa shape index (κ1) is 16.5. The van der Waals surface area contributed by atoms with Crippen LogP contribution in [-0.2, 0) is 13.0 Å². The number of nitrogens with zero attached hydrogens (tertiary/aromatic N) is 3. The lowest BCUT2D eigenvalue weighted by Crippen LogP contribution is -2.19. The van der Waals surface area contributed by atoms with Gasteiger partial charge >= 0.3 is 0 Å². The molecule has 1 atom stereocenters. The van der Waals surface area contributed by atoms with Gasteiger partial charge in [0, 0.05) is 28.1 Å². The average Bonchev–Trinajstić information content (AvgIpc) is 2.83. The molecule has 21 heavy (non-hydrogen) atoms. The molecule has 1 N–H and O–H groups in total. The molecule has 0 saturated carbocycles. The Balaban J connectivity index is 1.87. The van der Waals surface area contributed by atoms with Crippen LogP contribution in [0.4, 0.5) is 0 Å². The molecule has 0 aliphatic carbocycles. The number of halogens is 1. The topological polar surface area (TPSA) is 50.9 Å². The summed E-state index contributed by atoms with van der Waals surface area (Å²) in [5.74, 6) is 2.01. The second kappa shape index (κ2) is 7.96. The number of benzene rings is 1. The monoisotopic (exact) mass is 369 g/mol. The van der Waals surface area contributed by atoms with Crippen LogP contribution in [0.5, 0.6) is 0 Å². The van der Waals surface area contributed by atoms with Gasteiger partial charge in [0.1, 0.15) is 12.2 Å². The number of rotatable bonds is 7. The van der Waals surface area contributed by atoms with E-state index in [1.165, 1.54) is 0 Å². The van der Waals surface area contributed by atoms with Gasteiger partial charge in [-0.1, -0.05) is 35.8 Å². The Morgan fingerprint density at radius 2 is 2.19 bits per heavy atom. The minimum Gasteiger partial charge on any atom is -0.392 e. The van der Waals surface area contributed by atoms with Crippen molar-refractivity contribution in [3.63, 3.8) is 0 Å². The smallest absolute Gasteiger partial charge is 0.138 e. The summed E-state index contributed by atoms with van der Waals surface area (Å²) in [4.78, 5) is 5.40. The van der Waals surface area contributed by atoms with Crippen LogP contribution in [0.3, 0.4) is 0 Å². The SMILES string of the molecule is CC(C)Cn1ncnc1CC(O)CSc1cccc(Br)c1. The van der Waals surface area contributed by atoms with Crippen molar-refractivity contribution in [3.8, 4) is 0 Å². The molecule has 114 valence electrons. The number of aliphatic hydroxyl groups excluding tert-OH is 1. The summed E-state index contributed by atoms with van der Waals surface area (Å²) < 4.78 is 2.94. The molecule has 1 aromatic carbocycles. The predicted molar refractivity (Wildman–Crippen MR) is 89.4 cm³/mol. The van der Waals surface area contributed by atoms with E-state index in [0.29, 0.717) is 18.1 Å². The number of thioether (sulfide) groups is 1. The third-order valence-electron chi connectivity index (χ3n) is 2.89. The van der Waals surface area contributed by atoms with Gasteiger partial charge in [0.05, 0.1) is 6.10 Å². The standard InChI is InChI=1S/C15H20BrN3OS/c1-11(2)8-19-15(17-10-18-19)7-13(20)9-21-14-5-3-4-12(16)6-14/h3-6,10-11,13,20H,7-9H2,1-2H3. The van der Waals surface area contributed by atoms with Gasteiger partial charge in [-0.2, -0.15) is 5.10 Å². The molecule has 6 heteroatoms. The highest BCUT2D eigenvalue weighted by molar-refractivity contribution is 9.10. The van der Waals surface area contributed by atoms with Crippen molar-refractivity contribution in [1.29, 1.82) is 0 Å². The zero-order chi connectivity index (χ0) is 15.2. The zero-order valence-corrected chi connectivity index (χ0v) is 14.6. The van der Waals surface area contributed by atoms with Crippen LogP contribution >= 0.6 is 27.7 Å². The van der Waals surface area contributed by atoms with Gasteiger partial charge in [-0.05, 0) is 24.1 Å². The second-order valence-corrected chi connectivity index (χ2v) is 7.39. The van der Waals surface area contributed by atoms with E-state index >= 15 is 0 Å². The van der Waals surface area contributed by atoms with Crippen molar-refractivity contribution < 1.29 is 5.11 Å². The first-order valence-electron chi connectivity index (χ1n) is 6.97. The molecule has 1 aromatic heterocycles. The average molecular weight is 370 g/mol. The third-order valence-corrected chi connectivity index (χ3v) is 4.52. The summed E-state index contributed by atoms with van der Waals surface area (Å²) in [6.07, 6.45) is 1.67. The van der Waals surface area contributed by atoms with Gasteiger partial charge < -0.3 is 5.11 Å². The highest BCUT2D eigenvalue weighted by Gasteiger charge is 2.12. The quantitative estimate of drug-likeness (QED) is 0.759. The molecular formula is C15H20BrN3OS. The van der Waals surface area contributed by atoms with Gasteiger partial charge in [0.25, 0.3) is 0 Å². The fourth-order valence-corrected chi connectivity index (χ4v) is 3.40. The summed E-state index contributed by atoms with van der Waals surface area (Å²) >= 11 is 5.10. The molecular weight excluding hydrogens is 350 g/mol. The lowest BCUT2D eigenvalue weighted by Gasteiger charge is -2.12. The molecule has 0 saturated heterocycles. The van der Waals surface area contributed by atoms with Crippen molar-refractivity contribution in [2.45, 2.75) is 37.8 Å². The Bertz CT molecular complexity index is 574. The van der Waals surface area contributed by atoms with Crippen LogP contribution in [-0.4, -0.2) is 31.7 Å². The minimum absolute atomic E-state index is 0.427.